The van der Waals surface area contributed by atoms with Gasteiger partial charge in [-0.3, -0.25) is 4.79 Å². The van der Waals surface area contributed by atoms with Crippen LogP contribution in [0.3, 0.4) is 0 Å². The minimum atomic E-state index is -0.552. The fourth-order valence-corrected chi connectivity index (χ4v) is 1.78. The van der Waals surface area contributed by atoms with Gasteiger partial charge in [0.25, 0.3) is 0 Å². The van der Waals surface area contributed by atoms with Gasteiger partial charge in [0.15, 0.2) is 0 Å². The maximum absolute atomic E-state index is 11.9. The molecule has 0 bridgehead atoms. The summed E-state index contributed by atoms with van der Waals surface area (Å²) in [4.78, 5) is 13.9. The highest BCUT2D eigenvalue weighted by Gasteiger charge is 2.13. The molecule has 0 heterocycles. The van der Waals surface area contributed by atoms with Crippen LogP contribution in [0.4, 0.5) is 11.4 Å². The molecule has 19 heavy (non-hydrogen) atoms. The van der Waals surface area contributed by atoms with Crippen LogP contribution in [-0.4, -0.2) is 39.8 Å². The number of rotatable bonds is 6. The maximum atomic E-state index is 11.9. The fraction of sp³-hybridized carbons (Fsp3) is 0.500. The number of aryl methyl sites for hydroxylation is 1. The van der Waals surface area contributed by atoms with Crippen LogP contribution in [0.5, 0.6) is 0 Å². The monoisotopic (exact) mass is 265 g/mol. The molecule has 0 aliphatic carbocycles. The van der Waals surface area contributed by atoms with E-state index in [1.807, 2.05) is 44.1 Å². The quantitative estimate of drug-likeness (QED) is 0.815. The van der Waals surface area contributed by atoms with Crippen LogP contribution in [-0.2, 0) is 9.53 Å². The van der Waals surface area contributed by atoms with Gasteiger partial charge < -0.3 is 20.7 Å². The van der Waals surface area contributed by atoms with Gasteiger partial charge in [0.05, 0.1) is 6.04 Å². The van der Waals surface area contributed by atoms with Gasteiger partial charge >= 0.3 is 0 Å². The number of carbonyl (C=O) groups excluding carboxylic acids is 1. The molecule has 5 nitrogen and oxygen atoms in total. The topological polar surface area (TPSA) is 67.6 Å². The lowest BCUT2D eigenvalue weighted by Gasteiger charge is -2.18. The molecule has 0 saturated heterocycles. The summed E-state index contributed by atoms with van der Waals surface area (Å²) in [5.41, 5.74) is 8.76. The van der Waals surface area contributed by atoms with Crippen LogP contribution in [0.2, 0.25) is 0 Å². The largest absolute Gasteiger partial charge is 0.385 e. The highest BCUT2D eigenvalue weighted by molar-refractivity contribution is 5.95. The second-order valence-corrected chi connectivity index (χ2v) is 4.77. The summed E-state index contributed by atoms with van der Waals surface area (Å²) in [6.45, 7) is 2.51. The van der Waals surface area contributed by atoms with Gasteiger partial charge in [-0.05, 0) is 31.0 Å². The van der Waals surface area contributed by atoms with E-state index in [2.05, 4.69) is 5.32 Å². The first-order valence-electron chi connectivity index (χ1n) is 6.29. The molecule has 3 N–H and O–H groups in total. The molecule has 0 saturated carbocycles. The number of benzene rings is 1. The highest BCUT2D eigenvalue weighted by atomic mass is 16.5. The van der Waals surface area contributed by atoms with Crippen LogP contribution < -0.4 is 16.0 Å². The van der Waals surface area contributed by atoms with E-state index in [4.69, 9.17) is 10.5 Å². The van der Waals surface area contributed by atoms with Crippen molar-refractivity contribution < 1.29 is 9.53 Å². The van der Waals surface area contributed by atoms with Crippen molar-refractivity contribution in [2.75, 3.05) is 38.0 Å². The van der Waals surface area contributed by atoms with Crippen molar-refractivity contribution in [3.8, 4) is 0 Å². The minimum absolute atomic E-state index is 0.189. The number of hydrogen-bond acceptors (Lipinski definition) is 4. The first-order valence-corrected chi connectivity index (χ1v) is 6.29. The van der Waals surface area contributed by atoms with Crippen LogP contribution in [0.1, 0.15) is 12.0 Å². The molecule has 0 aliphatic heterocycles. The number of ether oxygens (including phenoxy) is 1. The smallest absolute Gasteiger partial charge is 0.241 e. The summed E-state index contributed by atoms with van der Waals surface area (Å²) in [6, 6.07) is 5.25. The number of nitrogens with two attached hydrogens (primary N) is 1. The molecule has 0 fully saturated rings. The Balaban J connectivity index is 2.71. The van der Waals surface area contributed by atoms with Crippen molar-refractivity contribution in [3.05, 3.63) is 23.8 Å². The van der Waals surface area contributed by atoms with E-state index in [0.717, 1.165) is 16.9 Å². The third-order valence-corrected chi connectivity index (χ3v) is 2.93. The Labute approximate surface area is 114 Å². The van der Waals surface area contributed by atoms with E-state index < -0.39 is 6.04 Å². The number of nitrogens with zero attached hydrogens (tertiary/aromatic N) is 1. The Morgan fingerprint density at radius 2 is 2.16 bits per heavy atom. The molecule has 1 rings (SSSR count). The summed E-state index contributed by atoms with van der Waals surface area (Å²) in [6.07, 6.45) is 0.509. The van der Waals surface area contributed by atoms with Crippen molar-refractivity contribution in [1.29, 1.82) is 0 Å². The zero-order valence-electron chi connectivity index (χ0n) is 12.1. The van der Waals surface area contributed by atoms with Gasteiger partial charge in [-0.2, -0.15) is 0 Å². The lowest BCUT2D eigenvalue weighted by Crippen LogP contribution is -2.36. The van der Waals surface area contributed by atoms with Crippen LogP contribution >= 0.6 is 0 Å². The Morgan fingerprint density at radius 1 is 1.47 bits per heavy atom. The summed E-state index contributed by atoms with van der Waals surface area (Å²) in [5.74, 6) is -0.189. The SMILES string of the molecule is COCCC(N)C(=O)Nc1ccc(C)c(N(C)C)c1. The second kappa shape index (κ2) is 7.11. The predicted molar refractivity (Wildman–Crippen MR) is 78.6 cm³/mol. The van der Waals surface area contributed by atoms with E-state index >= 15 is 0 Å². The first kappa shape index (κ1) is 15.5. The molecular formula is C14H23N3O2. The molecule has 0 radical (unpaired) electrons. The number of nitrogens with one attached hydrogen (secondary N) is 1. The Morgan fingerprint density at radius 3 is 2.74 bits per heavy atom. The number of anilines is 2. The van der Waals surface area contributed by atoms with Crippen LogP contribution in [0.25, 0.3) is 0 Å². The molecule has 106 valence electrons. The Hall–Kier alpha value is -1.59. The standard InChI is InChI=1S/C14H23N3O2/c1-10-5-6-11(9-13(10)17(2)3)16-14(18)12(15)7-8-19-4/h5-6,9,12H,7-8,15H2,1-4H3,(H,16,18). The summed E-state index contributed by atoms with van der Waals surface area (Å²) in [5, 5.41) is 2.83. The van der Waals surface area contributed by atoms with E-state index in [-0.39, 0.29) is 5.91 Å². The van der Waals surface area contributed by atoms with Crippen molar-refractivity contribution >= 4 is 17.3 Å². The normalized spacial score (nSPS) is 12.1. The third kappa shape index (κ3) is 4.54. The van der Waals surface area contributed by atoms with Gasteiger partial charge in [0.1, 0.15) is 0 Å². The molecule has 0 aliphatic rings. The summed E-state index contributed by atoms with van der Waals surface area (Å²) in [7, 11) is 5.53. The number of hydrogen-bond donors (Lipinski definition) is 2. The maximum Gasteiger partial charge on any atom is 0.241 e. The van der Waals surface area contributed by atoms with Gasteiger partial charge in [-0.15, -0.1) is 0 Å². The van der Waals surface area contributed by atoms with Crippen molar-refractivity contribution in [2.45, 2.75) is 19.4 Å². The van der Waals surface area contributed by atoms with Gasteiger partial charge in [-0.1, -0.05) is 6.07 Å². The van der Waals surface area contributed by atoms with Gasteiger partial charge in [0.2, 0.25) is 5.91 Å². The Bertz CT molecular complexity index is 433. The van der Waals surface area contributed by atoms with Crippen LogP contribution in [0, 0.1) is 6.92 Å². The van der Waals surface area contributed by atoms with Crippen molar-refractivity contribution in [1.82, 2.24) is 0 Å². The molecule has 1 aromatic carbocycles. The first-order chi connectivity index (χ1) is 8.95. The Kier molecular flexibility index (Phi) is 5.79. The molecule has 1 amide bonds. The number of carbonyl (C=O) groups is 1. The van der Waals surface area contributed by atoms with E-state index in [9.17, 15) is 4.79 Å². The third-order valence-electron chi connectivity index (χ3n) is 2.93. The predicted octanol–water partition coefficient (Wildman–Crippen LogP) is 1.36. The van der Waals surface area contributed by atoms with E-state index in [1.54, 1.807) is 7.11 Å². The average Bonchev–Trinajstić information content (AvgIpc) is 2.37. The van der Waals surface area contributed by atoms with Crippen molar-refractivity contribution in [3.63, 3.8) is 0 Å². The highest BCUT2D eigenvalue weighted by Crippen LogP contribution is 2.22. The average molecular weight is 265 g/mol. The lowest BCUT2D eigenvalue weighted by molar-refractivity contribution is -0.117. The van der Waals surface area contributed by atoms with E-state index in [0.29, 0.717) is 13.0 Å². The number of methoxy groups -OCH3 is 1. The summed E-state index contributed by atoms with van der Waals surface area (Å²) < 4.78 is 4.91. The van der Waals surface area contributed by atoms with Crippen molar-refractivity contribution in [2.24, 2.45) is 5.73 Å². The lowest BCUT2D eigenvalue weighted by atomic mass is 10.1. The number of amides is 1. The van der Waals surface area contributed by atoms with E-state index in [1.165, 1.54) is 0 Å². The molecule has 1 atom stereocenters. The summed E-state index contributed by atoms with van der Waals surface area (Å²) >= 11 is 0. The van der Waals surface area contributed by atoms with Gasteiger partial charge in [-0.25, -0.2) is 0 Å². The molecule has 1 aromatic rings. The molecule has 5 heteroatoms. The zero-order valence-corrected chi connectivity index (χ0v) is 12.1. The molecule has 0 aromatic heterocycles. The molecule has 1 unspecified atom stereocenters. The minimum Gasteiger partial charge on any atom is -0.385 e. The zero-order chi connectivity index (χ0) is 14.4. The van der Waals surface area contributed by atoms with Gasteiger partial charge in [0, 0.05) is 39.2 Å². The van der Waals surface area contributed by atoms with Crippen LogP contribution in [0.15, 0.2) is 18.2 Å². The molecular weight excluding hydrogens is 242 g/mol. The fourth-order valence-electron chi connectivity index (χ4n) is 1.78. The molecule has 0 spiro atoms. The second-order valence-electron chi connectivity index (χ2n) is 4.77.